The third-order valence-corrected chi connectivity index (χ3v) is 7.28. The Bertz CT molecular complexity index is 1060. The summed E-state index contributed by atoms with van der Waals surface area (Å²) >= 11 is 0. The molecule has 0 bridgehead atoms. The molecule has 2 aromatic rings. The lowest BCUT2D eigenvalue weighted by Gasteiger charge is -2.27. The van der Waals surface area contributed by atoms with E-state index in [2.05, 4.69) is 4.74 Å². The van der Waals surface area contributed by atoms with E-state index >= 15 is 0 Å². The van der Waals surface area contributed by atoms with Crippen molar-refractivity contribution < 1.29 is 31.5 Å². The van der Waals surface area contributed by atoms with Crippen LogP contribution in [0.25, 0.3) is 0 Å². The molecule has 2 aromatic carbocycles. The molecule has 3 rings (SSSR count). The van der Waals surface area contributed by atoms with Crippen LogP contribution in [0.4, 0.5) is 8.78 Å². The lowest BCUT2D eigenvalue weighted by molar-refractivity contribution is -0.133. The maximum atomic E-state index is 13.1. The van der Waals surface area contributed by atoms with Crippen LogP contribution < -0.4 is 9.47 Å². The SMILES string of the molecule is COc1ccc(CN(C)C(=O)[C@@H]2CCCN2S(=O)(=O)c2ccc(C)cc2)cc1OC(F)F. The topological polar surface area (TPSA) is 76.2 Å². The van der Waals surface area contributed by atoms with Crippen LogP contribution in [-0.4, -0.2) is 56.9 Å². The van der Waals surface area contributed by atoms with Crippen molar-refractivity contribution in [1.82, 2.24) is 9.21 Å². The van der Waals surface area contributed by atoms with Crippen molar-refractivity contribution in [2.75, 3.05) is 20.7 Å². The minimum absolute atomic E-state index is 0.0946. The van der Waals surface area contributed by atoms with E-state index in [1.165, 1.54) is 40.6 Å². The number of hydrogen-bond donors (Lipinski definition) is 0. The highest BCUT2D eigenvalue weighted by atomic mass is 32.2. The number of amides is 1. The molecule has 1 saturated heterocycles. The smallest absolute Gasteiger partial charge is 0.387 e. The van der Waals surface area contributed by atoms with Gasteiger partial charge in [-0.1, -0.05) is 23.8 Å². The highest BCUT2D eigenvalue weighted by Gasteiger charge is 2.40. The molecule has 10 heteroatoms. The number of likely N-dealkylation sites (N-methyl/N-ethyl adjacent to an activating group) is 1. The van der Waals surface area contributed by atoms with Crippen molar-refractivity contribution in [3.05, 3.63) is 53.6 Å². The fourth-order valence-electron chi connectivity index (χ4n) is 3.73. The van der Waals surface area contributed by atoms with Crippen LogP contribution in [0.2, 0.25) is 0 Å². The predicted octanol–water partition coefficient (Wildman–Crippen LogP) is 3.42. The Morgan fingerprint density at radius 3 is 2.50 bits per heavy atom. The number of nitrogens with zero attached hydrogens (tertiary/aromatic N) is 2. The minimum Gasteiger partial charge on any atom is -0.493 e. The fourth-order valence-corrected chi connectivity index (χ4v) is 5.38. The zero-order valence-corrected chi connectivity index (χ0v) is 18.9. The highest BCUT2D eigenvalue weighted by Crippen LogP contribution is 2.31. The second-order valence-electron chi connectivity index (χ2n) is 7.64. The molecule has 32 heavy (non-hydrogen) atoms. The van der Waals surface area contributed by atoms with E-state index in [9.17, 15) is 22.0 Å². The van der Waals surface area contributed by atoms with E-state index in [0.29, 0.717) is 18.4 Å². The average Bonchev–Trinajstić information content (AvgIpc) is 3.24. The van der Waals surface area contributed by atoms with Crippen molar-refractivity contribution in [3.8, 4) is 11.5 Å². The molecule has 1 heterocycles. The zero-order valence-electron chi connectivity index (χ0n) is 18.1. The molecular formula is C22H26F2N2O5S. The number of alkyl halides is 2. The monoisotopic (exact) mass is 468 g/mol. The van der Waals surface area contributed by atoms with Crippen LogP contribution >= 0.6 is 0 Å². The molecule has 1 amide bonds. The van der Waals surface area contributed by atoms with Gasteiger partial charge in [-0.25, -0.2) is 8.42 Å². The highest BCUT2D eigenvalue weighted by molar-refractivity contribution is 7.89. The Hall–Kier alpha value is -2.72. The minimum atomic E-state index is -3.82. The third-order valence-electron chi connectivity index (χ3n) is 5.36. The predicted molar refractivity (Wildman–Crippen MR) is 114 cm³/mol. The molecule has 0 radical (unpaired) electrons. The molecule has 0 N–H and O–H groups in total. The number of ether oxygens (including phenoxy) is 2. The van der Waals surface area contributed by atoms with Crippen molar-refractivity contribution in [3.63, 3.8) is 0 Å². The van der Waals surface area contributed by atoms with Crippen molar-refractivity contribution >= 4 is 15.9 Å². The number of methoxy groups -OCH3 is 1. The first kappa shape index (κ1) is 23.9. The lowest BCUT2D eigenvalue weighted by atomic mass is 10.1. The zero-order chi connectivity index (χ0) is 23.5. The summed E-state index contributed by atoms with van der Waals surface area (Å²) in [7, 11) is -0.929. The summed E-state index contributed by atoms with van der Waals surface area (Å²) in [6, 6.07) is 10.2. The Morgan fingerprint density at radius 2 is 1.88 bits per heavy atom. The first-order chi connectivity index (χ1) is 15.1. The Labute approximate surface area is 186 Å². The van der Waals surface area contributed by atoms with Gasteiger partial charge in [-0.15, -0.1) is 0 Å². The maximum Gasteiger partial charge on any atom is 0.387 e. The van der Waals surface area contributed by atoms with Gasteiger partial charge in [0.05, 0.1) is 12.0 Å². The van der Waals surface area contributed by atoms with Gasteiger partial charge in [0, 0.05) is 20.1 Å². The van der Waals surface area contributed by atoms with Crippen LogP contribution in [-0.2, 0) is 21.4 Å². The average molecular weight is 469 g/mol. The Kier molecular flexibility index (Phi) is 7.35. The molecule has 0 aromatic heterocycles. The van der Waals surface area contributed by atoms with Crippen LogP contribution in [0, 0.1) is 6.92 Å². The van der Waals surface area contributed by atoms with Crippen LogP contribution in [0.5, 0.6) is 11.5 Å². The number of carbonyl (C=O) groups is 1. The standard InChI is InChI=1S/C22H26F2N2O5S/c1-15-6-9-17(10-7-15)32(28,29)26-12-4-5-18(26)21(27)25(2)14-16-8-11-19(30-3)20(13-16)31-22(23)24/h6-11,13,18,22H,4-5,12,14H2,1-3H3/t18-/m0/s1. The molecule has 0 spiro atoms. The number of sulfonamides is 1. The molecule has 0 unspecified atom stereocenters. The van der Waals surface area contributed by atoms with Crippen molar-refractivity contribution in [2.45, 2.75) is 43.9 Å². The van der Waals surface area contributed by atoms with E-state index in [4.69, 9.17) is 4.74 Å². The molecule has 0 aliphatic carbocycles. The number of benzene rings is 2. The van der Waals surface area contributed by atoms with Crippen LogP contribution in [0.15, 0.2) is 47.4 Å². The fraction of sp³-hybridized carbons (Fsp3) is 0.409. The quantitative estimate of drug-likeness (QED) is 0.594. The summed E-state index contributed by atoms with van der Waals surface area (Å²) in [5, 5.41) is 0. The molecule has 0 saturated carbocycles. The third kappa shape index (κ3) is 5.18. The summed E-state index contributed by atoms with van der Waals surface area (Å²) in [4.78, 5) is 14.7. The maximum absolute atomic E-state index is 13.1. The summed E-state index contributed by atoms with van der Waals surface area (Å²) in [6.07, 6.45) is 0.987. The van der Waals surface area contributed by atoms with Gasteiger partial charge in [0.15, 0.2) is 11.5 Å². The molecule has 1 aliphatic heterocycles. The normalized spacial score (nSPS) is 16.9. The second kappa shape index (κ2) is 9.83. The van der Waals surface area contributed by atoms with Gasteiger partial charge in [-0.05, 0) is 49.6 Å². The summed E-state index contributed by atoms with van der Waals surface area (Å²) in [6.45, 7) is -0.797. The Morgan fingerprint density at radius 1 is 1.19 bits per heavy atom. The molecular weight excluding hydrogens is 442 g/mol. The number of halogens is 2. The van der Waals surface area contributed by atoms with E-state index in [0.717, 1.165) is 5.56 Å². The van der Waals surface area contributed by atoms with Crippen molar-refractivity contribution in [2.24, 2.45) is 0 Å². The van der Waals surface area contributed by atoms with Gasteiger partial charge in [0.1, 0.15) is 6.04 Å². The van der Waals surface area contributed by atoms with Gasteiger partial charge in [0.25, 0.3) is 0 Å². The lowest BCUT2D eigenvalue weighted by Crippen LogP contribution is -2.46. The molecule has 1 fully saturated rings. The van der Waals surface area contributed by atoms with Gasteiger partial charge in [-0.3, -0.25) is 4.79 Å². The molecule has 7 nitrogen and oxygen atoms in total. The number of aryl methyl sites for hydroxylation is 1. The van der Waals surface area contributed by atoms with E-state index < -0.39 is 22.7 Å². The molecule has 1 aliphatic rings. The largest absolute Gasteiger partial charge is 0.493 e. The first-order valence-corrected chi connectivity index (χ1v) is 11.5. The molecule has 1 atom stereocenters. The van der Waals surface area contributed by atoms with Gasteiger partial charge < -0.3 is 14.4 Å². The molecule has 174 valence electrons. The van der Waals surface area contributed by atoms with E-state index in [1.807, 2.05) is 6.92 Å². The summed E-state index contributed by atoms with van der Waals surface area (Å²) in [5.41, 5.74) is 1.48. The number of hydrogen-bond acceptors (Lipinski definition) is 5. The number of carbonyl (C=O) groups excluding carboxylic acids is 1. The van der Waals surface area contributed by atoms with Crippen LogP contribution in [0.1, 0.15) is 24.0 Å². The second-order valence-corrected chi connectivity index (χ2v) is 9.54. The summed E-state index contributed by atoms with van der Waals surface area (Å²) in [5.74, 6) is -0.343. The van der Waals surface area contributed by atoms with E-state index in [1.54, 1.807) is 25.2 Å². The van der Waals surface area contributed by atoms with Gasteiger partial charge >= 0.3 is 6.61 Å². The number of rotatable bonds is 8. The van der Waals surface area contributed by atoms with Crippen molar-refractivity contribution in [1.29, 1.82) is 0 Å². The van der Waals surface area contributed by atoms with Gasteiger partial charge in [0.2, 0.25) is 15.9 Å². The van der Waals surface area contributed by atoms with Crippen LogP contribution in [0.3, 0.4) is 0 Å². The van der Waals surface area contributed by atoms with Gasteiger partial charge in [-0.2, -0.15) is 13.1 Å². The summed E-state index contributed by atoms with van der Waals surface area (Å²) < 4.78 is 62.3. The van der Waals surface area contributed by atoms with E-state index in [-0.39, 0.29) is 35.4 Å². The first-order valence-electron chi connectivity index (χ1n) is 10.1. The Balaban J connectivity index is 1.77.